The highest BCUT2D eigenvalue weighted by Crippen LogP contribution is 2.29. The van der Waals surface area contributed by atoms with Crippen LogP contribution < -0.4 is 10.1 Å². The molecule has 1 N–H and O–H groups in total. The molecular formula is C20H24ClNO2. The van der Waals surface area contributed by atoms with Gasteiger partial charge in [-0.3, -0.25) is 4.79 Å². The molecule has 2 aromatic carbocycles. The van der Waals surface area contributed by atoms with Gasteiger partial charge in [-0.2, -0.15) is 0 Å². The molecule has 0 saturated heterocycles. The van der Waals surface area contributed by atoms with Crippen LogP contribution in [0, 0.1) is 13.8 Å². The summed E-state index contributed by atoms with van der Waals surface area (Å²) >= 11 is 6.27. The van der Waals surface area contributed by atoms with E-state index in [1.165, 1.54) is 0 Å². The zero-order chi connectivity index (χ0) is 17.7. The Balaban J connectivity index is 2.11. The normalized spacial score (nSPS) is 10.5. The molecule has 4 heteroatoms. The standard InChI is InChI=1S/C20H24ClNO2/c1-5-15-7-8-18(21)17(6-2)20(15)22-19(23)12-24-16-10-13(3)9-14(4)11-16/h7-11H,5-6,12H2,1-4H3,(H,22,23). The van der Waals surface area contributed by atoms with Crippen LogP contribution >= 0.6 is 11.6 Å². The summed E-state index contributed by atoms with van der Waals surface area (Å²) in [5.74, 6) is 0.529. The number of ether oxygens (including phenoxy) is 1. The van der Waals surface area contributed by atoms with Crippen LogP contribution in [-0.2, 0) is 17.6 Å². The van der Waals surface area contributed by atoms with Crippen molar-refractivity contribution in [2.75, 3.05) is 11.9 Å². The number of carbonyl (C=O) groups excluding carboxylic acids is 1. The van der Waals surface area contributed by atoms with Gasteiger partial charge in [0.2, 0.25) is 0 Å². The maximum Gasteiger partial charge on any atom is 0.262 e. The monoisotopic (exact) mass is 345 g/mol. The maximum absolute atomic E-state index is 12.3. The second-order valence-corrected chi connectivity index (χ2v) is 6.33. The molecule has 0 saturated carbocycles. The Kier molecular flexibility index (Phi) is 6.27. The Morgan fingerprint density at radius 1 is 1.08 bits per heavy atom. The molecule has 0 aliphatic carbocycles. The van der Waals surface area contributed by atoms with Gasteiger partial charge in [0.05, 0.1) is 0 Å². The van der Waals surface area contributed by atoms with Gasteiger partial charge in [0.25, 0.3) is 5.91 Å². The van der Waals surface area contributed by atoms with Crippen LogP contribution in [0.25, 0.3) is 0 Å². The minimum absolute atomic E-state index is 0.0261. The second kappa shape index (κ2) is 8.20. The smallest absolute Gasteiger partial charge is 0.262 e. The lowest BCUT2D eigenvalue weighted by Gasteiger charge is -2.16. The number of amides is 1. The van der Waals surface area contributed by atoms with E-state index >= 15 is 0 Å². The maximum atomic E-state index is 12.3. The van der Waals surface area contributed by atoms with Gasteiger partial charge < -0.3 is 10.1 Å². The van der Waals surface area contributed by atoms with E-state index in [1.54, 1.807) is 0 Å². The molecule has 0 unspecified atom stereocenters. The summed E-state index contributed by atoms with van der Waals surface area (Å²) in [5.41, 5.74) is 5.09. The van der Waals surface area contributed by atoms with E-state index in [-0.39, 0.29) is 12.5 Å². The van der Waals surface area contributed by atoms with Gasteiger partial charge >= 0.3 is 0 Å². The summed E-state index contributed by atoms with van der Waals surface area (Å²) in [7, 11) is 0. The van der Waals surface area contributed by atoms with Crippen molar-refractivity contribution in [3.63, 3.8) is 0 Å². The first-order chi connectivity index (χ1) is 11.4. The van der Waals surface area contributed by atoms with E-state index in [2.05, 4.69) is 18.3 Å². The minimum atomic E-state index is -0.180. The summed E-state index contributed by atoms with van der Waals surface area (Å²) in [6, 6.07) is 9.77. The minimum Gasteiger partial charge on any atom is -0.484 e. The van der Waals surface area contributed by atoms with Crippen molar-refractivity contribution in [1.29, 1.82) is 0 Å². The number of benzene rings is 2. The molecule has 0 fully saturated rings. The first-order valence-corrected chi connectivity index (χ1v) is 8.63. The summed E-state index contributed by atoms with van der Waals surface area (Å²) in [5, 5.41) is 3.65. The highest BCUT2D eigenvalue weighted by atomic mass is 35.5. The van der Waals surface area contributed by atoms with E-state index in [9.17, 15) is 4.79 Å². The fourth-order valence-corrected chi connectivity index (χ4v) is 3.10. The van der Waals surface area contributed by atoms with Gasteiger partial charge in [0, 0.05) is 10.7 Å². The summed E-state index contributed by atoms with van der Waals surface area (Å²) < 4.78 is 5.63. The van der Waals surface area contributed by atoms with Crippen molar-refractivity contribution in [2.24, 2.45) is 0 Å². The van der Waals surface area contributed by atoms with Crippen molar-refractivity contribution < 1.29 is 9.53 Å². The van der Waals surface area contributed by atoms with Gasteiger partial charge in [-0.05, 0) is 67.1 Å². The lowest BCUT2D eigenvalue weighted by molar-refractivity contribution is -0.118. The number of anilines is 1. The van der Waals surface area contributed by atoms with E-state index in [0.29, 0.717) is 10.8 Å². The van der Waals surface area contributed by atoms with Crippen LogP contribution in [0.15, 0.2) is 30.3 Å². The number of rotatable bonds is 6. The molecule has 128 valence electrons. The Morgan fingerprint density at radius 3 is 2.33 bits per heavy atom. The van der Waals surface area contributed by atoms with Crippen LogP contribution in [-0.4, -0.2) is 12.5 Å². The first kappa shape index (κ1) is 18.3. The molecule has 0 bridgehead atoms. The molecule has 0 aromatic heterocycles. The van der Waals surface area contributed by atoms with Gasteiger partial charge in [-0.25, -0.2) is 0 Å². The Morgan fingerprint density at radius 2 is 1.75 bits per heavy atom. The molecule has 0 aliphatic rings. The highest BCUT2D eigenvalue weighted by Gasteiger charge is 2.13. The van der Waals surface area contributed by atoms with Crippen LogP contribution in [0.1, 0.15) is 36.1 Å². The Hall–Kier alpha value is -2.00. The largest absolute Gasteiger partial charge is 0.484 e. The average molecular weight is 346 g/mol. The molecule has 0 aliphatic heterocycles. The lowest BCUT2D eigenvalue weighted by atomic mass is 10.0. The second-order valence-electron chi connectivity index (χ2n) is 5.93. The third kappa shape index (κ3) is 4.51. The molecule has 0 atom stereocenters. The van der Waals surface area contributed by atoms with Crippen LogP contribution in [0.4, 0.5) is 5.69 Å². The van der Waals surface area contributed by atoms with E-state index < -0.39 is 0 Å². The molecule has 24 heavy (non-hydrogen) atoms. The fraction of sp³-hybridized carbons (Fsp3) is 0.350. The topological polar surface area (TPSA) is 38.3 Å². The Bertz CT molecular complexity index is 720. The summed E-state index contributed by atoms with van der Waals surface area (Å²) in [4.78, 5) is 12.3. The highest BCUT2D eigenvalue weighted by molar-refractivity contribution is 6.32. The zero-order valence-electron chi connectivity index (χ0n) is 14.7. The summed E-state index contributed by atoms with van der Waals surface area (Å²) in [6.45, 7) is 8.08. The van der Waals surface area contributed by atoms with Crippen molar-refractivity contribution in [3.05, 3.63) is 57.6 Å². The molecule has 0 radical (unpaired) electrons. The number of hydrogen-bond donors (Lipinski definition) is 1. The predicted octanol–water partition coefficient (Wildman–Crippen LogP) is 5.10. The summed E-state index contributed by atoms with van der Waals surface area (Å²) in [6.07, 6.45) is 1.60. The van der Waals surface area contributed by atoms with Crippen molar-refractivity contribution in [2.45, 2.75) is 40.5 Å². The zero-order valence-corrected chi connectivity index (χ0v) is 15.5. The average Bonchev–Trinajstić information content (AvgIpc) is 2.52. The quantitative estimate of drug-likeness (QED) is 0.791. The van der Waals surface area contributed by atoms with Gasteiger partial charge in [-0.1, -0.05) is 37.6 Å². The molecule has 0 spiro atoms. The number of carbonyl (C=O) groups is 1. The number of halogens is 1. The van der Waals surface area contributed by atoms with Crippen molar-refractivity contribution in [3.8, 4) is 5.75 Å². The van der Waals surface area contributed by atoms with Crippen LogP contribution in [0.2, 0.25) is 5.02 Å². The number of nitrogens with one attached hydrogen (secondary N) is 1. The molecule has 2 aromatic rings. The van der Waals surface area contributed by atoms with Crippen molar-refractivity contribution in [1.82, 2.24) is 0 Å². The third-order valence-electron chi connectivity index (χ3n) is 3.91. The molecule has 1 amide bonds. The molecule has 0 heterocycles. The molecule has 3 nitrogen and oxygen atoms in total. The lowest BCUT2D eigenvalue weighted by Crippen LogP contribution is -2.22. The fourth-order valence-electron chi connectivity index (χ4n) is 2.81. The van der Waals surface area contributed by atoms with Crippen molar-refractivity contribution >= 4 is 23.2 Å². The van der Waals surface area contributed by atoms with E-state index in [4.69, 9.17) is 16.3 Å². The predicted molar refractivity (Wildman–Crippen MR) is 100 cm³/mol. The van der Waals surface area contributed by atoms with Crippen LogP contribution in [0.5, 0.6) is 5.75 Å². The molecular weight excluding hydrogens is 322 g/mol. The van der Waals surface area contributed by atoms with Gasteiger partial charge in [0.1, 0.15) is 5.75 Å². The third-order valence-corrected chi connectivity index (χ3v) is 4.26. The molecule has 2 rings (SSSR count). The first-order valence-electron chi connectivity index (χ1n) is 8.25. The SMILES string of the molecule is CCc1ccc(Cl)c(CC)c1NC(=O)COc1cc(C)cc(C)c1. The number of aryl methyl sites for hydroxylation is 3. The van der Waals surface area contributed by atoms with E-state index in [1.807, 2.05) is 45.0 Å². The van der Waals surface area contributed by atoms with Gasteiger partial charge in [0.15, 0.2) is 6.61 Å². The number of hydrogen-bond acceptors (Lipinski definition) is 2. The van der Waals surface area contributed by atoms with Crippen LogP contribution in [0.3, 0.4) is 0 Å². The van der Waals surface area contributed by atoms with Gasteiger partial charge in [-0.15, -0.1) is 0 Å². The Labute approximate surface area is 149 Å². The van der Waals surface area contributed by atoms with E-state index in [0.717, 1.165) is 40.8 Å².